The smallest absolute Gasteiger partial charge is 0.347 e. The Morgan fingerprint density at radius 3 is 2.45 bits per heavy atom. The molecule has 0 aliphatic carbocycles. The molecule has 0 heterocycles. The Morgan fingerprint density at radius 2 is 2.18 bits per heavy atom. The third-order valence-corrected chi connectivity index (χ3v) is 0.866. The maximum Gasteiger partial charge on any atom is 0.347 e. The van der Waals surface area contributed by atoms with Gasteiger partial charge >= 0.3 is 11.9 Å². The van der Waals surface area contributed by atoms with E-state index in [0.29, 0.717) is 0 Å². The number of carboxylic acids is 1. The minimum atomic E-state index is -1.50. The predicted molar refractivity (Wildman–Crippen MR) is 34.8 cm³/mol. The first-order chi connectivity index (χ1) is 5.11. The van der Waals surface area contributed by atoms with Crippen LogP contribution in [0.4, 0.5) is 0 Å². The minimum absolute atomic E-state index is 0.741. The van der Waals surface area contributed by atoms with Gasteiger partial charge in [-0.25, -0.2) is 9.59 Å². The zero-order chi connectivity index (χ0) is 8.85. The van der Waals surface area contributed by atoms with Crippen LogP contribution in [0.3, 0.4) is 0 Å². The average Bonchev–Trinajstić information content (AvgIpc) is 1.99. The molecule has 0 saturated carbocycles. The lowest BCUT2D eigenvalue weighted by Gasteiger charge is -2.07. The number of carbonyl (C=O) groups is 2. The quantitative estimate of drug-likeness (QED) is 0.414. The van der Waals surface area contributed by atoms with Crippen LogP contribution in [0.2, 0.25) is 0 Å². The van der Waals surface area contributed by atoms with E-state index in [1.54, 1.807) is 0 Å². The standard InChI is InChI=1S/C6H8O5/c1-2-5(8)11-4(3-7)6(9)10/h2,4,7H,1,3H2,(H,9,10). The summed E-state index contributed by atoms with van der Waals surface area (Å²) < 4.78 is 4.20. The molecule has 2 N–H and O–H groups in total. The Kier molecular flexibility index (Phi) is 3.90. The normalized spacial score (nSPS) is 11.7. The van der Waals surface area contributed by atoms with Crippen LogP contribution < -0.4 is 0 Å². The predicted octanol–water partition coefficient (Wildman–Crippen LogP) is -0.839. The molecule has 1 unspecified atom stereocenters. The van der Waals surface area contributed by atoms with Crippen molar-refractivity contribution in [2.45, 2.75) is 6.10 Å². The number of esters is 1. The van der Waals surface area contributed by atoms with Crippen LogP contribution in [-0.2, 0) is 14.3 Å². The lowest BCUT2D eigenvalue weighted by atomic mass is 10.4. The van der Waals surface area contributed by atoms with Gasteiger partial charge in [0.15, 0.2) is 0 Å². The summed E-state index contributed by atoms with van der Waals surface area (Å²) in [6, 6.07) is 0. The van der Waals surface area contributed by atoms with Crippen LogP contribution >= 0.6 is 0 Å². The van der Waals surface area contributed by atoms with Crippen molar-refractivity contribution in [3.63, 3.8) is 0 Å². The van der Waals surface area contributed by atoms with Crippen molar-refractivity contribution in [3.05, 3.63) is 12.7 Å². The lowest BCUT2D eigenvalue weighted by Crippen LogP contribution is -2.29. The van der Waals surface area contributed by atoms with Gasteiger partial charge in [-0.05, 0) is 0 Å². The van der Waals surface area contributed by atoms with Crippen LogP contribution in [0.15, 0.2) is 12.7 Å². The Hall–Kier alpha value is -1.36. The first kappa shape index (κ1) is 9.64. The van der Waals surface area contributed by atoms with E-state index < -0.39 is 24.6 Å². The van der Waals surface area contributed by atoms with Crippen molar-refractivity contribution in [3.8, 4) is 0 Å². The molecule has 0 bridgehead atoms. The van der Waals surface area contributed by atoms with Gasteiger partial charge in [0.05, 0.1) is 6.61 Å². The molecule has 0 aliphatic rings. The number of rotatable bonds is 4. The Balaban J connectivity index is 3.97. The Bertz CT molecular complexity index is 174. The van der Waals surface area contributed by atoms with Crippen LogP contribution in [0.5, 0.6) is 0 Å². The summed E-state index contributed by atoms with van der Waals surface area (Å²) in [6.07, 6.45) is -0.675. The van der Waals surface area contributed by atoms with E-state index in [9.17, 15) is 9.59 Å². The van der Waals surface area contributed by atoms with Crippen molar-refractivity contribution < 1.29 is 24.5 Å². The Morgan fingerprint density at radius 1 is 1.64 bits per heavy atom. The molecule has 62 valence electrons. The molecule has 0 aromatic rings. The minimum Gasteiger partial charge on any atom is -0.478 e. The number of aliphatic hydroxyl groups excluding tert-OH is 1. The highest BCUT2D eigenvalue weighted by Crippen LogP contribution is 1.92. The van der Waals surface area contributed by atoms with E-state index in [2.05, 4.69) is 11.3 Å². The van der Waals surface area contributed by atoms with Crippen molar-refractivity contribution >= 4 is 11.9 Å². The number of ether oxygens (including phenoxy) is 1. The van der Waals surface area contributed by atoms with Crippen LogP contribution in [-0.4, -0.2) is 34.9 Å². The summed E-state index contributed by atoms with van der Waals surface area (Å²) in [4.78, 5) is 20.5. The van der Waals surface area contributed by atoms with E-state index in [0.717, 1.165) is 6.08 Å². The van der Waals surface area contributed by atoms with Gasteiger partial charge in [-0.2, -0.15) is 0 Å². The molecule has 5 nitrogen and oxygen atoms in total. The molecule has 1 atom stereocenters. The van der Waals surface area contributed by atoms with E-state index in [4.69, 9.17) is 10.2 Å². The number of carboxylic acid groups (broad SMARTS) is 1. The summed E-state index contributed by atoms with van der Waals surface area (Å²) in [5, 5.41) is 16.6. The van der Waals surface area contributed by atoms with Crippen molar-refractivity contribution in [1.82, 2.24) is 0 Å². The molecular weight excluding hydrogens is 152 g/mol. The topological polar surface area (TPSA) is 83.8 Å². The summed E-state index contributed by atoms with van der Waals surface area (Å²) in [6.45, 7) is 2.32. The first-order valence-corrected chi connectivity index (χ1v) is 2.78. The van der Waals surface area contributed by atoms with Crippen LogP contribution in [0.25, 0.3) is 0 Å². The molecule has 0 aliphatic heterocycles. The summed E-state index contributed by atoms with van der Waals surface area (Å²) in [5.74, 6) is -2.26. The van der Waals surface area contributed by atoms with Gasteiger partial charge in [-0.3, -0.25) is 0 Å². The number of carbonyl (C=O) groups excluding carboxylic acids is 1. The van der Waals surface area contributed by atoms with Crippen LogP contribution in [0.1, 0.15) is 0 Å². The summed E-state index contributed by atoms with van der Waals surface area (Å²) in [5.41, 5.74) is 0. The Labute approximate surface area is 62.9 Å². The van der Waals surface area contributed by atoms with E-state index in [1.165, 1.54) is 0 Å². The molecule has 0 aromatic heterocycles. The zero-order valence-corrected chi connectivity index (χ0v) is 5.69. The van der Waals surface area contributed by atoms with Crippen LogP contribution in [0, 0.1) is 0 Å². The second-order valence-corrected chi connectivity index (χ2v) is 1.65. The van der Waals surface area contributed by atoms with E-state index in [1.807, 2.05) is 0 Å². The second-order valence-electron chi connectivity index (χ2n) is 1.65. The third kappa shape index (κ3) is 3.36. The SMILES string of the molecule is C=CC(=O)OC(CO)C(=O)O. The van der Waals surface area contributed by atoms with Gasteiger partial charge in [-0.1, -0.05) is 6.58 Å². The molecule has 0 aromatic carbocycles. The third-order valence-electron chi connectivity index (χ3n) is 0.866. The van der Waals surface area contributed by atoms with Gasteiger partial charge in [0, 0.05) is 6.08 Å². The fraction of sp³-hybridized carbons (Fsp3) is 0.333. The fourth-order valence-electron chi connectivity index (χ4n) is 0.354. The second kappa shape index (κ2) is 4.45. The summed E-state index contributed by atoms with van der Waals surface area (Å²) >= 11 is 0. The number of hydrogen-bond acceptors (Lipinski definition) is 4. The van der Waals surface area contributed by atoms with E-state index >= 15 is 0 Å². The largest absolute Gasteiger partial charge is 0.478 e. The molecule has 11 heavy (non-hydrogen) atoms. The molecule has 5 heteroatoms. The number of aliphatic carboxylic acids is 1. The lowest BCUT2D eigenvalue weighted by molar-refractivity contribution is -0.163. The molecule has 0 radical (unpaired) electrons. The maximum absolute atomic E-state index is 10.4. The van der Waals surface area contributed by atoms with Gasteiger partial charge in [0.1, 0.15) is 0 Å². The van der Waals surface area contributed by atoms with Gasteiger partial charge in [0.25, 0.3) is 0 Å². The van der Waals surface area contributed by atoms with Crippen molar-refractivity contribution in [2.24, 2.45) is 0 Å². The molecule has 0 spiro atoms. The summed E-state index contributed by atoms with van der Waals surface area (Å²) in [7, 11) is 0. The monoisotopic (exact) mass is 160 g/mol. The fourth-order valence-corrected chi connectivity index (χ4v) is 0.354. The van der Waals surface area contributed by atoms with Gasteiger partial charge < -0.3 is 14.9 Å². The van der Waals surface area contributed by atoms with Crippen molar-refractivity contribution in [2.75, 3.05) is 6.61 Å². The highest BCUT2D eigenvalue weighted by molar-refractivity contribution is 5.84. The molecule has 0 rings (SSSR count). The molecule has 0 saturated heterocycles. The highest BCUT2D eigenvalue weighted by atomic mass is 16.6. The zero-order valence-electron chi connectivity index (χ0n) is 5.69. The highest BCUT2D eigenvalue weighted by Gasteiger charge is 2.19. The van der Waals surface area contributed by atoms with Gasteiger partial charge in [-0.15, -0.1) is 0 Å². The maximum atomic E-state index is 10.4. The average molecular weight is 160 g/mol. The van der Waals surface area contributed by atoms with E-state index in [-0.39, 0.29) is 0 Å². The first-order valence-electron chi connectivity index (χ1n) is 2.78. The number of hydrogen-bond donors (Lipinski definition) is 2. The molecule has 0 fully saturated rings. The van der Waals surface area contributed by atoms with Gasteiger partial charge in [0.2, 0.25) is 6.10 Å². The molecule has 0 amide bonds. The number of aliphatic hydroxyl groups is 1. The molecular formula is C6H8O5. The van der Waals surface area contributed by atoms with Crippen molar-refractivity contribution in [1.29, 1.82) is 0 Å².